The fourth-order valence-electron chi connectivity index (χ4n) is 4.05. The van der Waals surface area contributed by atoms with E-state index in [4.69, 9.17) is 21.1 Å². The van der Waals surface area contributed by atoms with Crippen molar-refractivity contribution in [3.63, 3.8) is 0 Å². The highest BCUT2D eigenvalue weighted by molar-refractivity contribution is 7.98. The van der Waals surface area contributed by atoms with Gasteiger partial charge in [0.2, 0.25) is 0 Å². The quantitative estimate of drug-likeness (QED) is 0.305. The molecule has 1 aliphatic rings. The number of ether oxygens (including phenoxy) is 2. The molecule has 184 valence electrons. The first-order valence-corrected chi connectivity index (χ1v) is 12.9. The minimum atomic E-state index is 0.0348. The van der Waals surface area contributed by atoms with Crippen molar-refractivity contribution >= 4 is 29.3 Å². The molecule has 0 atom stereocenters. The predicted octanol–water partition coefficient (Wildman–Crippen LogP) is 5.36. The summed E-state index contributed by atoms with van der Waals surface area (Å²) >= 11 is 7.87. The smallest absolute Gasteiger partial charge is 0.254 e. The third-order valence-electron chi connectivity index (χ3n) is 5.87. The van der Waals surface area contributed by atoms with Crippen LogP contribution in [0.3, 0.4) is 0 Å². The molecule has 5 rings (SSSR count). The van der Waals surface area contributed by atoms with Gasteiger partial charge >= 0.3 is 0 Å². The van der Waals surface area contributed by atoms with Gasteiger partial charge in [0.25, 0.3) is 5.91 Å². The molecule has 4 aromatic rings. The van der Waals surface area contributed by atoms with Gasteiger partial charge in [0.1, 0.15) is 5.75 Å². The number of carbonyl (C=O) groups is 1. The molecule has 0 radical (unpaired) electrons. The molecule has 0 saturated carbocycles. The molecule has 0 unspecified atom stereocenters. The van der Waals surface area contributed by atoms with Gasteiger partial charge in [-0.25, -0.2) is 0 Å². The molecule has 2 heterocycles. The van der Waals surface area contributed by atoms with E-state index < -0.39 is 0 Å². The molecule has 1 amide bonds. The maximum absolute atomic E-state index is 12.9. The molecule has 0 aliphatic carbocycles. The van der Waals surface area contributed by atoms with Crippen LogP contribution in [0.5, 0.6) is 5.75 Å². The number of halogens is 1. The molecule has 1 fully saturated rings. The number of benzene rings is 3. The van der Waals surface area contributed by atoms with Gasteiger partial charge in [-0.2, -0.15) is 0 Å². The summed E-state index contributed by atoms with van der Waals surface area (Å²) in [6.45, 7) is 2.40. The maximum Gasteiger partial charge on any atom is 0.254 e. The lowest BCUT2D eigenvalue weighted by Gasteiger charge is -2.27. The van der Waals surface area contributed by atoms with E-state index in [0.717, 1.165) is 27.7 Å². The molecule has 9 heteroatoms. The van der Waals surface area contributed by atoms with Crippen LogP contribution in [0, 0.1) is 0 Å². The minimum Gasteiger partial charge on any atom is -0.497 e. The molecule has 7 nitrogen and oxygen atoms in total. The number of carbonyl (C=O) groups excluding carboxylic acids is 1. The Morgan fingerprint density at radius 3 is 2.64 bits per heavy atom. The Kier molecular flexibility index (Phi) is 7.55. The fraction of sp³-hybridized carbons (Fsp3) is 0.222. The molecule has 0 bridgehead atoms. The van der Waals surface area contributed by atoms with Gasteiger partial charge in [0.15, 0.2) is 11.0 Å². The Balaban J connectivity index is 1.43. The molecule has 0 N–H and O–H groups in total. The molecular formula is C27H25ClN4O3S. The number of thioether (sulfide) groups is 1. The van der Waals surface area contributed by atoms with Gasteiger partial charge in [-0.3, -0.25) is 9.36 Å². The standard InChI is InChI=1S/C27H25ClN4O3S/c1-34-24-10-3-6-20(16-24)25-29-30-27(32(25)23-9-4-8-22(28)17-23)36-18-19-5-2-7-21(15-19)26(33)31-11-13-35-14-12-31/h2-10,15-17H,11-14,18H2,1H3. The summed E-state index contributed by atoms with van der Waals surface area (Å²) in [6.07, 6.45) is 0. The van der Waals surface area contributed by atoms with E-state index >= 15 is 0 Å². The zero-order chi connectivity index (χ0) is 24.9. The third-order valence-corrected chi connectivity index (χ3v) is 7.10. The summed E-state index contributed by atoms with van der Waals surface area (Å²) in [5, 5.41) is 10.4. The number of hydrogen-bond donors (Lipinski definition) is 0. The first kappa shape index (κ1) is 24.4. The van der Waals surface area contributed by atoms with Gasteiger partial charge in [-0.05, 0) is 48.0 Å². The van der Waals surface area contributed by atoms with Gasteiger partial charge in [-0.1, -0.05) is 53.7 Å². The van der Waals surface area contributed by atoms with Crippen molar-refractivity contribution in [2.24, 2.45) is 0 Å². The van der Waals surface area contributed by atoms with Crippen LogP contribution < -0.4 is 4.74 Å². The topological polar surface area (TPSA) is 69.5 Å². The highest BCUT2D eigenvalue weighted by atomic mass is 35.5. The maximum atomic E-state index is 12.9. The van der Waals surface area contributed by atoms with E-state index in [1.165, 1.54) is 0 Å². The number of amides is 1. The molecule has 0 spiro atoms. The van der Waals surface area contributed by atoms with E-state index in [0.29, 0.717) is 48.5 Å². The third kappa shape index (κ3) is 5.41. The van der Waals surface area contributed by atoms with E-state index in [-0.39, 0.29) is 5.91 Å². The number of rotatable bonds is 7. The second-order valence-corrected chi connectivity index (χ2v) is 9.63. The molecule has 1 saturated heterocycles. The summed E-state index contributed by atoms with van der Waals surface area (Å²) < 4.78 is 12.8. The van der Waals surface area contributed by atoms with E-state index in [1.807, 2.05) is 82.3 Å². The van der Waals surface area contributed by atoms with E-state index in [2.05, 4.69) is 10.2 Å². The second-order valence-electron chi connectivity index (χ2n) is 8.25. The zero-order valence-electron chi connectivity index (χ0n) is 19.8. The van der Waals surface area contributed by atoms with Crippen molar-refractivity contribution in [2.75, 3.05) is 33.4 Å². The number of morpholine rings is 1. The molecule has 36 heavy (non-hydrogen) atoms. The minimum absolute atomic E-state index is 0.0348. The summed E-state index contributed by atoms with van der Waals surface area (Å²) in [5.74, 6) is 2.09. The van der Waals surface area contributed by atoms with Crippen LogP contribution in [0.1, 0.15) is 15.9 Å². The van der Waals surface area contributed by atoms with Crippen LogP contribution in [-0.2, 0) is 10.5 Å². The van der Waals surface area contributed by atoms with Gasteiger partial charge in [0.05, 0.1) is 26.0 Å². The summed E-state index contributed by atoms with van der Waals surface area (Å²) in [6, 6.07) is 23.1. The molecular weight excluding hydrogens is 496 g/mol. The zero-order valence-corrected chi connectivity index (χ0v) is 21.3. The van der Waals surface area contributed by atoms with Crippen molar-refractivity contribution in [2.45, 2.75) is 10.9 Å². The Bertz CT molecular complexity index is 1370. The van der Waals surface area contributed by atoms with Gasteiger partial charge in [0, 0.05) is 35.0 Å². The van der Waals surface area contributed by atoms with Crippen molar-refractivity contribution in [1.29, 1.82) is 0 Å². The highest BCUT2D eigenvalue weighted by Gasteiger charge is 2.20. The highest BCUT2D eigenvalue weighted by Crippen LogP contribution is 2.32. The summed E-state index contributed by atoms with van der Waals surface area (Å²) in [4.78, 5) is 14.8. The normalized spacial score (nSPS) is 13.6. The van der Waals surface area contributed by atoms with Crippen LogP contribution in [-0.4, -0.2) is 59.0 Å². The lowest BCUT2D eigenvalue weighted by Crippen LogP contribution is -2.40. The first-order valence-electron chi connectivity index (χ1n) is 11.6. The Morgan fingerprint density at radius 2 is 1.83 bits per heavy atom. The molecule has 1 aromatic heterocycles. The van der Waals surface area contributed by atoms with Crippen molar-refractivity contribution in [3.8, 4) is 22.8 Å². The van der Waals surface area contributed by atoms with Crippen LogP contribution in [0.15, 0.2) is 78.0 Å². The Labute approximate surface area is 219 Å². The van der Waals surface area contributed by atoms with E-state index in [1.54, 1.807) is 18.9 Å². The van der Waals surface area contributed by atoms with Gasteiger partial charge in [-0.15, -0.1) is 10.2 Å². The van der Waals surface area contributed by atoms with Crippen LogP contribution in [0.4, 0.5) is 0 Å². The average molecular weight is 521 g/mol. The van der Waals surface area contributed by atoms with Crippen molar-refractivity contribution in [1.82, 2.24) is 19.7 Å². The summed E-state index contributed by atoms with van der Waals surface area (Å²) in [5.41, 5.74) is 3.46. The van der Waals surface area contributed by atoms with Crippen LogP contribution in [0.25, 0.3) is 17.1 Å². The molecule has 1 aliphatic heterocycles. The SMILES string of the molecule is COc1cccc(-c2nnc(SCc3cccc(C(=O)N4CCOCC4)c3)n2-c2cccc(Cl)c2)c1. The summed E-state index contributed by atoms with van der Waals surface area (Å²) in [7, 11) is 1.64. The average Bonchev–Trinajstić information content (AvgIpc) is 3.36. The van der Waals surface area contributed by atoms with E-state index in [9.17, 15) is 4.79 Å². The monoisotopic (exact) mass is 520 g/mol. The van der Waals surface area contributed by atoms with Crippen LogP contribution in [0.2, 0.25) is 5.02 Å². The molecule has 3 aromatic carbocycles. The van der Waals surface area contributed by atoms with Crippen LogP contribution >= 0.6 is 23.4 Å². The largest absolute Gasteiger partial charge is 0.497 e. The predicted molar refractivity (Wildman–Crippen MR) is 141 cm³/mol. The number of hydrogen-bond acceptors (Lipinski definition) is 6. The second kappa shape index (κ2) is 11.2. The van der Waals surface area contributed by atoms with Crippen molar-refractivity contribution < 1.29 is 14.3 Å². The fourth-order valence-corrected chi connectivity index (χ4v) is 5.13. The Hall–Kier alpha value is -3.33. The first-order chi connectivity index (χ1) is 17.6. The lowest BCUT2D eigenvalue weighted by atomic mass is 10.1. The lowest BCUT2D eigenvalue weighted by molar-refractivity contribution is 0.0303. The number of methoxy groups -OCH3 is 1. The van der Waals surface area contributed by atoms with Crippen molar-refractivity contribution in [3.05, 3.63) is 88.9 Å². The number of aromatic nitrogens is 3. The number of nitrogens with zero attached hydrogens (tertiary/aromatic N) is 4. The van der Waals surface area contributed by atoms with Gasteiger partial charge < -0.3 is 14.4 Å². The Morgan fingerprint density at radius 1 is 1.03 bits per heavy atom.